The number of carbonyl (C=O) groups is 2. The molecule has 0 spiro atoms. The summed E-state index contributed by atoms with van der Waals surface area (Å²) in [5, 5.41) is 0.724. The number of rotatable bonds is 6. The largest absolute Gasteiger partial charge is 0.480 e. The van der Waals surface area contributed by atoms with Gasteiger partial charge in [0.25, 0.3) is 5.91 Å². The fraction of sp³-hybridized carbons (Fsp3) is 0.353. The summed E-state index contributed by atoms with van der Waals surface area (Å²) in [6.45, 7) is 4.88. The molecule has 0 bridgehead atoms. The zero-order valence-corrected chi connectivity index (χ0v) is 18.5. The summed E-state index contributed by atoms with van der Waals surface area (Å²) in [5.74, 6) is -0.0281. The number of esters is 1. The molecule has 140 valence electrons. The summed E-state index contributed by atoms with van der Waals surface area (Å²) in [6, 6.07) is 3.65. The van der Waals surface area contributed by atoms with Crippen molar-refractivity contribution in [1.82, 2.24) is 4.90 Å². The topological polar surface area (TPSA) is 68.2 Å². The molecule has 1 aliphatic heterocycles. The van der Waals surface area contributed by atoms with Crippen molar-refractivity contribution in [3.8, 4) is 5.75 Å². The van der Waals surface area contributed by atoms with Gasteiger partial charge >= 0.3 is 5.97 Å². The van der Waals surface area contributed by atoms with E-state index in [2.05, 4.69) is 41.6 Å². The number of hydrogen-bond acceptors (Lipinski definition) is 6. The summed E-state index contributed by atoms with van der Waals surface area (Å²) < 4.78 is 11.3. The van der Waals surface area contributed by atoms with E-state index in [4.69, 9.17) is 4.74 Å². The van der Waals surface area contributed by atoms with Gasteiger partial charge in [-0.25, -0.2) is 4.79 Å². The molecule has 1 heterocycles. The van der Waals surface area contributed by atoms with Crippen LogP contribution in [0.15, 0.2) is 31.0 Å². The maximum atomic E-state index is 12.5. The highest BCUT2D eigenvalue weighted by atomic mass is 79.9. The molecule has 0 unspecified atom stereocenters. The molecule has 6 nitrogen and oxygen atoms in total. The van der Waals surface area contributed by atoms with Gasteiger partial charge < -0.3 is 9.47 Å². The quantitative estimate of drug-likeness (QED) is 0.430. The molecule has 1 aliphatic rings. The van der Waals surface area contributed by atoms with Gasteiger partial charge in [0.05, 0.1) is 21.0 Å². The minimum Gasteiger partial charge on any atom is -0.480 e. The number of hydrogen-bond donors (Lipinski definition) is 0. The summed E-state index contributed by atoms with van der Waals surface area (Å²) in [5.41, 5.74) is 0.818. The number of nitrogens with zero attached hydrogens (tertiary/aromatic N) is 2. The predicted molar refractivity (Wildman–Crippen MR) is 110 cm³/mol. The molecule has 9 heteroatoms. The average molecular weight is 506 g/mol. The lowest BCUT2D eigenvalue weighted by Gasteiger charge is -2.11. The van der Waals surface area contributed by atoms with E-state index in [-0.39, 0.29) is 12.5 Å². The third-order valence-corrected chi connectivity index (χ3v) is 5.60. The summed E-state index contributed by atoms with van der Waals surface area (Å²) in [7, 11) is 1.30. The Labute approximate surface area is 173 Å². The van der Waals surface area contributed by atoms with E-state index < -0.39 is 5.97 Å². The Hall–Kier alpha value is -1.32. The number of carbonyl (C=O) groups excluding carboxylic acids is 2. The first-order valence-corrected chi connectivity index (χ1v) is 10.3. The molecule has 0 saturated carbocycles. The van der Waals surface area contributed by atoms with Crippen molar-refractivity contribution in [3.05, 3.63) is 31.5 Å². The van der Waals surface area contributed by atoms with Gasteiger partial charge in [0.1, 0.15) is 5.75 Å². The van der Waals surface area contributed by atoms with Crippen molar-refractivity contribution in [3.63, 3.8) is 0 Å². The molecule has 0 aliphatic carbocycles. The first-order valence-electron chi connectivity index (χ1n) is 7.85. The number of ether oxygens (including phenoxy) is 2. The molecule has 1 aromatic carbocycles. The van der Waals surface area contributed by atoms with Gasteiger partial charge in [-0.3, -0.25) is 14.7 Å². The normalized spacial score (nSPS) is 17.3. The lowest BCUT2D eigenvalue weighted by molar-refractivity contribution is -0.142. The molecule has 1 amide bonds. The van der Waals surface area contributed by atoms with Crippen molar-refractivity contribution < 1.29 is 19.1 Å². The number of amidine groups is 1. The van der Waals surface area contributed by atoms with Crippen LogP contribution in [0.3, 0.4) is 0 Å². The molecule has 0 atom stereocenters. The Balaban J connectivity index is 2.27. The molecule has 0 aromatic heterocycles. The number of benzene rings is 1. The van der Waals surface area contributed by atoms with Crippen LogP contribution in [0.1, 0.15) is 19.4 Å². The molecule has 1 saturated heterocycles. The van der Waals surface area contributed by atoms with E-state index in [1.165, 1.54) is 18.9 Å². The van der Waals surface area contributed by atoms with Crippen LogP contribution in [0.4, 0.5) is 0 Å². The highest BCUT2D eigenvalue weighted by molar-refractivity contribution is 9.11. The highest BCUT2D eigenvalue weighted by Crippen LogP contribution is 2.37. The van der Waals surface area contributed by atoms with Crippen LogP contribution < -0.4 is 4.74 Å². The molecular formula is C17H18Br2N2O4S. The molecule has 0 radical (unpaired) electrons. The molecule has 1 fully saturated rings. The van der Waals surface area contributed by atoms with Crippen LogP contribution in [0, 0.1) is 0 Å². The first kappa shape index (κ1) is 21.0. The van der Waals surface area contributed by atoms with Crippen molar-refractivity contribution in [1.29, 1.82) is 0 Å². The second-order valence-electron chi connectivity index (χ2n) is 5.10. The fourth-order valence-electron chi connectivity index (χ4n) is 2.18. The van der Waals surface area contributed by atoms with Crippen molar-refractivity contribution in [2.45, 2.75) is 13.8 Å². The maximum absolute atomic E-state index is 12.5. The number of halogens is 2. The van der Waals surface area contributed by atoms with Crippen LogP contribution in [0.2, 0.25) is 0 Å². The zero-order chi connectivity index (χ0) is 19.3. The van der Waals surface area contributed by atoms with Crippen molar-refractivity contribution in [2.24, 2.45) is 4.99 Å². The average Bonchev–Trinajstić information content (AvgIpc) is 2.89. The highest BCUT2D eigenvalue weighted by Gasteiger charge is 2.31. The van der Waals surface area contributed by atoms with E-state index in [1.807, 2.05) is 32.1 Å². The number of thioether (sulfide) groups is 1. The summed E-state index contributed by atoms with van der Waals surface area (Å²) >= 11 is 8.24. The maximum Gasteiger partial charge on any atom is 0.343 e. The van der Waals surface area contributed by atoms with Crippen LogP contribution in [0.5, 0.6) is 5.75 Å². The van der Waals surface area contributed by atoms with Crippen LogP contribution >= 0.6 is 43.6 Å². The van der Waals surface area contributed by atoms with Gasteiger partial charge in [-0.2, -0.15) is 0 Å². The minimum absolute atomic E-state index is 0.0528. The molecule has 0 N–H and O–H groups in total. The molecular weight excluding hydrogens is 488 g/mol. The molecule has 2 rings (SSSR count). The van der Waals surface area contributed by atoms with E-state index in [0.717, 1.165) is 10.7 Å². The van der Waals surface area contributed by atoms with E-state index in [9.17, 15) is 9.59 Å². The summed E-state index contributed by atoms with van der Waals surface area (Å²) in [4.78, 5) is 30.4. The standard InChI is InChI=1S/C17H18Br2N2O4S/c1-4-20-17-21(5-2)16(23)13(26-17)8-10-6-11(18)15(12(19)7-10)25-9-14(22)24-3/h6-8H,4-5,9H2,1-3H3/b13-8+,20-17?. The number of likely N-dealkylation sites (N-methyl/N-ethyl adjacent to an activating group) is 1. The van der Waals surface area contributed by atoms with Crippen LogP contribution in [-0.4, -0.2) is 48.8 Å². The lowest BCUT2D eigenvalue weighted by Crippen LogP contribution is -2.28. The smallest absolute Gasteiger partial charge is 0.343 e. The minimum atomic E-state index is -0.467. The van der Waals surface area contributed by atoms with Gasteiger partial charge in [-0.1, -0.05) is 0 Å². The van der Waals surface area contributed by atoms with Gasteiger partial charge in [0.2, 0.25) is 0 Å². The zero-order valence-electron chi connectivity index (χ0n) is 14.5. The fourth-order valence-corrected chi connectivity index (χ4v) is 4.74. The van der Waals surface area contributed by atoms with E-state index in [1.54, 1.807) is 4.90 Å². The van der Waals surface area contributed by atoms with E-state index >= 15 is 0 Å². The van der Waals surface area contributed by atoms with Gasteiger partial charge in [0.15, 0.2) is 11.8 Å². The van der Waals surface area contributed by atoms with Crippen molar-refractivity contribution >= 4 is 66.7 Å². The second kappa shape index (κ2) is 9.57. The lowest BCUT2D eigenvalue weighted by atomic mass is 10.2. The summed E-state index contributed by atoms with van der Waals surface area (Å²) in [6.07, 6.45) is 1.81. The number of aliphatic imine (C=N–C) groups is 1. The van der Waals surface area contributed by atoms with Gasteiger partial charge in [-0.15, -0.1) is 0 Å². The SMILES string of the molecule is CCN=C1S/C(=C/c2cc(Br)c(OCC(=O)OC)c(Br)c2)C(=O)N1CC. The number of methoxy groups -OCH3 is 1. The molecule has 1 aromatic rings. The Morgan fingerprint density at radius 1 is 1.31 bits per heavy atom. The van der Waals surface area contributed by atoms with Crippen molar-refractivity contribution in [2.75, 3.05) is 26.8 Å². The third-order valence-electron chi connectivity index (χ3n) is 3.38. The third kappa shape index (κ3) is 4.89. The predicted octanol–water partition coefficient (Wildman–Crippen LogP) is 4.08. The second-order valence-corrected chi connectivity index (χ2v) is 7.81. The van der Waals surface area contributed by atoms with Crippen LogP contribution in [0.25, 0.3) is 6.08 Å². The monoisotopic (exact) mass is 504 g/mol. The van der Waals surface area contributed by atoms with Gasteiger partial charge in [0, 0.05) is 13.1 Å². The van der Waals surface area contributed by atoms with Gasteiger partial charge in [-0.05, 0) is 81.2 Å². The molecule has 26 heavy (non-hydrogen) atoms. The Kier molecular flexibility index (Phi) is 7.72. The Bertz CT molecular complexity index is 757. The Morgan fingerprint density at radius 3 is 2.50 bits per heavy atom. The number of amides is 1. The van der Waals surface area contributed by atoms with Crippen LogP contribution in [-0.2, 0) is 14.3 Å². The Morgan fingerprint density at radius 2 is 1.96 bits per heavy atom. The van der Waals surface area contributed by atoms with E-state index in [0.29, 0.717) is 32.7 Å². The first-order chi connectivity index (χ1) is 12.4.